The molecule has 2 N–H and O–H groups in total. The molecule has 0 spiro atoms. The molecule has 0 amide bonds. The van der Waals surface area contributed by atoms with Crippen molar-refractivity contribution in [3.63, 3.8) is 0 Å². The van der Waals surface area contributed by atoms with Crippen LogP contribution in [0.2, 0.25) is 0 Å². The van der Waals surface area contributed by atoms with E-state index in [1.807, 2.05) is 13.8 Å². The molecule has 0 bridgehead atoms. The van der Waals surface area contributed by atoms with Gasteiger partial charge in [-0.1, -0.05) is 121 Å². The van der Waals surface area contributed by atoms with Gasteiger partial charge < -0.3 is 5.48 Å². The molecular formula is C27H50O. The third kappa shape index (κ3) is 14.9. The summed E-state index contributed by atoms with van der Waals surface area (Å²) < 4.78 is 0. The lowest BCUT2D eigenvalue weighted by molar-refractivity contribution is 0.565. The molecule has 0 heterocycles. The predicted octanol–water partition coefficient (Wildman–Crippen LogP) is 8.71. The van der Waals surface area contributed by atoms with Gasteiger partial charge in [-0.25, -0.2) is 0 Å². The van der Waals surface area contributed by atoms with Crippen molar-refractivity contribution in [2.24, 2.45) is 5.92 Å². The smallest absolute Gasteiger partial charge is 0.0250 e. The molecule has 0 radical (unpaired) electrons. The third-order valence-electron chi connectivity index (χ3n) is 5.36. The highest BCUT2D eigenvalue weighted by atomic mass is 16.0. The second-order valence-corrected chi connectivity index (χ2v) is 8.00. The number of hydrogen-bond acceptors (Lipinski definition) is 0. The van der Waals surface area contributed by atoms with Crippen LogP contribution in [0.1, 0.15) is 118 Å². The van der Waals surface area contributed by atoms with E-state index in [4.69, 9.17) is 0 Å². The molecule has 1 aliphatic carbocycles. The van der Waals surface area contributed by atoms with Crippen LogP contribution in [0.4, 0.5) is 0 Å². The van der Waals surface area contributed by atoms with E-state index in [2.05, 4.69) is 58.0 Å². The molecular weight excluding hydrogens is 340 g/mol. The van der Waals surface area contributed by atoms with Crippen LogP contribution in [0.5, 0.6) is 0 Å². The summed E-state index contributed by atoms with van der Waals surface area (Å²) in [5.41, 5.74) is 4.88. The molecule has 1 aromatic carbocycles. The Bertz CT molecular complexity index is 454. The largest absolute Gasteiger partial charge is 0.412 e. The highest BCUT2D eigenvalue weighted by Gasteiger charge is 2.13. The summed E-state index contributed by atoms with van der Waals surface area (Å²) >= 11 is 0. The van der Waals surface area contributed by atoms with Gasteiger partial charge in [0.15, 0.2) is 0 Å². The van der Waals surface area contributed by atoms with Crippen LogP contribution < -0.4 is 0 Å². The Kier molecular flexibility index (Phi) is 21.5. The zero-order chi connectivity index (χ0) is 20.3. The Balaban J connectivity index is 0. The fourth-order valence-corrected chi connectivity index (χ4v) is 3.77. The van der Waals surface area contributed by atoms with Crippen LogP contribution >= 0.6 is 0 Å². The van der Waals surface area contributed by atoms with Crippen molar-refractivity contribution in [2.45, 2.75) is 119 Å². The number of rotatable bonds is 10. The van der Waals surface area contributed by atoms with E-state index >= 15 is 0 Å². The standard InChI is InChI=1S/C16H22.C9H20.C2H6.H2O/c1-13(11-15-8-4-3-5-9-15)12-16-10-6-7-14(16)2;1-3-5-7-9-8-6-4-2;1-2;/h3-5,8-9,13H,6-7,10-12H2,1-2H3;3-9H2,1-2H3;1-2H3;1H2. The first-order valence-electron chi connectivity index (χ1n) is 11.9. The fraction of sp³-hybridized carbons (Fsp3) is 0.704. The van der Waals surface area contributed by atoms with Gasteiger partial charge in [-0.3, -0.25) is 0 Å². The average Bonchev–Trinajstić information content (AvgIpc) is 3.09. The minimum absolute atomic E-state index is 0. The normalized spacial score (nSPS) is 13.6. The van der Waals surface area contributed by atoms with Crippen LogP contribution in [0.15, 0.2) is 41.5 Å². The summed E-state index contributed by atoms with van der Waals surface area (Å²) in [6, 6.07) is 10.9. The van der Waals surface area contributed by atoms with E-state index in [1.165, 1.54) is 82.6 Å². The first kappa shape index (κ1) is 29.1. The Morgan fingerprint density at radius 1 is 0.786 bits per heavy atom. The molecule has 0 saturated heterocycles. The molecule has 1 atom stereocenters. The van der Waals surface area contributed by atoms with E-state index < -0.39 is 0 Å². The maximum atomic E-state index is 2.38. The van der Waals surface area contributed by atoms with E-state index in [0.29, 0.717) is 0 Å². The summed E-state index contributed by atoms with van der Waals surface area (Å²) in [5, 5.41) is 0. The minimum Gasteiger partial charge on any atom is -0.412 e. The second kappa shape index (κ2) is 20.6. The highest BCUT2D eigenvalue weighted by Crippen LogP contribution is 2.31. The number of unbranched alkanes of at least 4 members (excludes halogenated alkanes) is 6. The molecule has 28 heavy (non-hydrogen) atoms. The zero-order valence-electron chi connectivity index (χ0n) is 19.9. The summed E-state index contributed by atoms with van der Waals surface area (Å²) in [7, 11) is 0. The Hall–Kier alpha value is -1.08. The van der Waals surface area contributed by atoms with Crippen LogP contribution in [-0.4, -0.2) is 5.48 Å². The van der Waals surface area contributed by atoms with E-state index in [-0.39, 0.29) is 5.48 Å². The van der Waals surface area contributed by atoms with Crippen LogP contribution in [0, 0.1) is 5.92 Å². The van der Waals surface area contributed by atoms with Crippen molar-refractivity contribution in [3.8, 4) is 0 Å². The van der Waals surface area contributed by atoms with Gasteiger partial charge in [-0.15, -0.1) is 0 Å². The molecule has 0 saturated carbocycles. The summed E-state index contributed by atoms with van der Waals surface area (Å²) in [4.78, 5) is 0. The van der Waals surface area contributed by atoms with Crippen LogP contribution in [0.3, 0.4) is 0 Å². The van der Waals surface area contributed by atoms with Gasteiger partial charge in [-0.2, -0.15) is 0 Å². The van der Waals surface area contributed by atoms with Gasteiger partial charge in [0.2, 0.25) is 0 Å². The minimum atomic E-state index is 0. The molecule has 1 heteroatoms. The lowest BCUT2D eigenvalue weighted by Gasteiger charge is -2.13. The van der Waals surface area contributed by atoms with Crippen molar-refractivity contribution < 1.29 is 5.48 Å². The number of hydrogen-bond donors (Lipinski definition) is 0. The Labute approximate surface area is 177 Å². The van der Waals surface area contributed by atoms with E-state index in [1.54, 1.807) is 11.1 Å². The van der Waals surface area contributed by atoms with Crippen LogP contribution in [0.25, 0.3) is 0 Å². The molecule has 1 unspecified atom stereocenters. The lowest BCUT2D eigenvalue weighted by Crippen LogP contribution is -2.01. The first-order valence-corrected chi connectivity index (χ1v) is 11.9. The van der Waals surface area contributed by atoms with Crippen LogP contribution in [-0.2, 0) is 6.42 Å². The summed E-state index contributed by atoms with van der Waals surface area (Å²) in [6.07, 6.45) is 16.6. The molecule has 164 valence electrons. The Morgan fingerprint density at radius 2 is 1.32 bits per heavy atom. The van der Waals surface area contributed by atoms with Crippen molar-refractivity contribution >= 4 is 0 Å². The third-order valence-corrected chi connectivity index (χ3v) is 5.36. The molecule has 1 nitrogen and oxygen atoms in total. The van der Waals surface area contributed by atoms with Gasteiger partial charge in [0, 0.05) is 0 Å². The molecule has 1 aromatic rings. The van der Waals surface area contributed by atoms with Gasteiger partial charge in [0.05, 0.1) is 0 Å². The van der Waals surface area contributed by atoms with Gasteiger partial charge >= 0.3 is 0 Å². The highest BCUT2D eigenvalue weighted by molar-refractivity contribution is 5.19. The summed E-state index contributed by atoms with van der Waals surface area (Å²) in [5.74, 6) is 0.783. The maximum absolute atomic E-state index is 2.38. The van der Waals surface area contributed by atoms with Crippen molar-refractivity contribution in [3.05, 3.63) is 47.0 Å². The molecule has 0 fully saturated rings. The summed E-state index contributed by atoms with van der Waals surface area (Å²) in [6.45, 7) is 13.2. The van der Waals surface area contributed by atoms with E-state index in [9.17, 15) is 0 Å². The molecule has 0 aromatic heterocycles. The van der Waals surface area contributed by atoms with Gasteiger partial charge in [-0.05, 0) is 50.5 Å². The fourth-order valence-electron chi connectivity index (χ4n) is 3.77. The van der Waals surface area contributed by atoms with Crippen molar-refractivity contribution in [1.29, 1.82) is 0 Å². The topological polar surface area (TPSA) is 31.5 Å². The monoisotopic (exact) mass is 390 g/mol. The van der Waals surface area contributed by atoms with Gasteiger partial charge in [0.1, 0.15) is 0 Å². The number of benzene rings is 1. The average molecular weight is 391 g/mol. The van der Waals surface area contributed by atoms with E-state index in [0.717, 1.165) is 5.92 Å². The Morgan fingerprint density at radius 3 is 1.79 bits per heavy atom. The molecule has 1 aliphatic rings. The first-order chi connectivity index (χ1) is 13.2. The SMILES string of the molecule is CC.CC1=C(CC(C)Cc2ccccc2)CCC1.CCCCCCCCC.O. The van der Waals surface area contributed by atoms with Crippen molar-refractivity contribution in [2.75, 3.05) is 0 Å². The quantitative estimate of drug-likeness (QED) is 0.282. The van der Waals surface area contributed by atoms with Gasteiger partial charge in [0.25, 0.3) is 0 Å². The molecule has 2 rings (SSSR count). The predicted molar refractivity (Wildman–Crippen MR) is 129 cm³/mol. The molecule has 0 aliphatic heterocycles. The number of allylic oxidation sites excluding steroid dienone is 2. The second-order valence-electron chi connectivity index (χ2n) is 8.00. The maximum Gasteiger partial charge on any atom is -0.0250 e. The lowest BCUT2D eigenvalue weighted by atomic mass is 9.93. The zero-order valence-corrected chi connectivity index (χ0v) is 19.9. The van der Waals surface area contributed by atoms with Crippen molar-refractivity contribution in [1.82, 2.24) is 0 Å².